The van der Waals surface area contributed by atoms with Gasteiger partial charge in [0.25, 0.3) is 0 Å². The number of nitrogens with two attached hydrogens (primary N) is 1. The van der Waals surface area contributed by atoms with Crippen LogP contribution in [0.3, 0.4) is 0 Å². The van der Waals surface area contributed by atoms with Crippen molar-refractivity contribution in [1.82, 2.24) is 4.98 Å². The van der Waals surface area contributed by atoms with E-state index in [1.165, 1.54) is 38.2 Å². The van der Waals surface area contributed by atoms with Gasteiger partial charge < -0.3 is 15.7 Å². The number of carboxylic acid groups (broad SMARTS) is 1. The van der Waals surface area contributed by atoms with Gasteiger partial charge in [-0.05, 0) is 31.2 Å². The smallest absolute Gasteiger partial charge is 0.337 e. The van der Waals surface area contributed by atoms with Crippen molar-refractivity contribution in [2.45, 2.75) is 38.1 Å². The van der Waals surface area contributed by atoms with Crippen LogP contribution >= 0.6 is 0 Å². The van der Waals surface area contributed by atoms with Crippen LogP contribution < -0.4 is 10.6 Å². The molecule has 2 heterocycles. The summed E-state index contributed by atoms with van der Waals surface area (Å²) < 4.78 is 0. The monoisotopic (exact) mass is 261 g/mol. The number of aromatic nitrogens is 1. The lowest BCUT2D eigenvalue weighted by molar-refractivity contribution is 0.0698. The molecule has 0 bridgehead atoms. The molecule has 1 aliphatic carbocycles. The minimum absolute atomic E-state index is 0.157. The van der Waals surface area contributed by atoms with Gasteiger partial charge in [0, 0.05) is 18.8 Å². The zero-order valence-electron chi connectivity index (χ0n) is 10.9. The number of nitrogens with zero attached hydrogens (tertiary/aromatic N) is 2. The summed E-state index contributed by atoms with van der Waals surface area (Å²) >= 11 is 0. The molecule has 0 spiro atoms. The third-order valence-corrected chi connectivity index (χ3v) is 4.48. The predicted molar refractivity (Wildman–Crippen MR) is 73.3 cm³/mol. The Morgan fingerprint density at radius 3 is 2.95 bits per heavy atom. The summed E-state index contributed by atoms with van der Waals surface area (Å²) in [5.41, 5.74) is 6.46. The Labute approximate surface area is 112 Å². The number of hydrogen-bond donors (Lipinski definition) is 2. The van der Waals surface area contributed by atoms with Gasteiger partial charge in [0.2, 0.25) is 0 Å². The zero-order valence-corrected chi connectivity index (χ0v) is 10.9. The summed E-state index contributed by atoms with van der Waals surface area (Å²) in [5.74, 6) is 0.401. The maximum absolute atomic E-state index is 11.1. The van der Waals surface area contributed by atoms with Gasteiger partial charge in [-0.15, -0.1) is 0 Å². The van der Waals surface area contributed by atoms with Gasteiger partial charge in [-0.25, -0.2) is 9.78 Å². The number of rotatable bonds is 2. The molecule has 2 fully saturated rings. The van der Waals surface area contributed by atoms with E-state index in [0.717, 1.165) is 12.5 Å². The lowest BCUT2D eigenvalue weighted by Crippen LogP contribution is -2.36. The summed E-state index contributed by atoms with van der Waals surface area (Å²) in [7, 11) is 0. The number of hydrogen-bond acceptors (Lipinski definition) is 4. The fourth-order valence-electron chi connectivity index (χ4n) is 3.55. The second-order valence-corrected chi connectivity index (χ2v) is 5.49. The Morgan fingerprint density at radius 2 is 2.16 bits per heavy atom. The maximum atomic E-state index is 11.1. The molecule has 1 aliphatic heterocycles. The Bertz CT molecular complexity index is 503. The molecule has 19 heavy (non-hydrogen) atoms. The van der Waals surface area contributed by atoms with Crippen LogP contribution in [0.15, 0.2) is 12.3 Å². The molecule has 1 saturated heterocycles. The first kappa shape index (κ1) is 12.3. The van der Waals surface area contributed by atoms with Gasteiger partial charge in [-0.1, -0.05) is 12.8 Å². The van der Waals surface area contributed by atoms with E-state index < -0.39 is 5.97 Å². The highest BCUT2D eigenvalue weighted by Crippen LogP contribution is 2.40. The van der Waals surface area contributed by atoms with Gasteiger partial charge in [-0.3, -0.25) is 0 Å². The van der Waals surface area contributed by atoms with Crippen LogP contribution in [-0.4, -0.2) is 28.6 Å². The zero-order chi connectivity index (χ0) is 13.4. The van der Waals surface area contributed by atoms with Crippen molar-refractivity contribution in [1.29, 1.82) is 0 Å². The number of fused-ring (bicyclic) bond motifs is 1. The molecule has 0 radical (unpaired) electrons. The first-order valence-corrected chi connectivity index (χ1v) is 6.93. The van der Waals surface area contributed by atoms with E-state index in [2.05, 4.69) is 9.88 Å². The summed E-state index contributed by atoms with van der Waals surface area (Å²) in [6.07, 6.45) is 7.72. The Morgan fingerprint density at radius 1 is 1.37 bits per heavy atom. The molecule has 3 rings (SSSR count). The van der Waals surface area contributed by atoms with Crippen LogP contribution in [0.4, 0.5) is 11.5 Å². The van der Waals surface area contributed by atoms with E-state index >= 15 is 0 Å². The summed E-state index contributed by atoms with van der Waals surface area (Å²) in [4.78, 5) is 17.7. The van der Waals surface area contributed by atoms with Crippen molar-refractivity contribution in [3.63, 3.8) is 0 Å². The highest BCUT2D eigenvalue weighted by atomic mass is 16.4. The molecule has 0 amide bonds. The maximum Gasteiger partial charge on any atom is 0.337 e. The number of anilines is 2. The molecule has 1 saturated carbocycles. The second kappa shape index (κ2) is 4.72. The third kappa shape index (κ3) is 2.03. The largest absolute Gasteiger partial charge is 0.478 e. The molecule has 5 nitrogen and oxygen atoms in total. The van der Waals surface area contributed by atoms with Crippen LogP contribution in [0.25, 0.3) is 0 Å². The molecule has 2 atom stereocenters. The average Bonchev–Trinajstić information content (AvgIpc) is 2.82. The van der Waals surface area contributed by atoms with Gasteiger partial charge in [0.05, 0.1) is 11.3 Å². The van der Waals surface area contributed by atoms with E-state index in [9.17, 15) is 4.79 Å². The van der Waals surface area contributed by atoms with E-state index in [1.54, 1.807) is 6.20 Å². The number of carbonyl (C=O) groups is 1. The number of nitrogen functional groups attached to an aromatic ring is 1. The Hall–Kier alpha value is -1.78. The molecular formula is C14H19N3O2. The summed E-state index contributed by atoms with van der Waals surface area (Å²) in [6, 6.07) is 1.96. The highest BCUT2D eigenvalue weighted by Gasteiger charge is 2.37. The Kier molecular flexibility index (Phi) is 3.05. The van der Waals surface area contributed by atoms with E-state index in [4.69, 9.17) is 10.8 Å². The number of aromatic carboxylic acids is 1. The molecule has 1 aromatic heterocycles. The lowest BCUT2D eigenvalue weighted by Gasteiger charge is -2.33. The van der Waals surface area contributed by atoms with Crippen molar-refractivity contribution >= 4 is 17.5 Å². The molecule has 2 aliphatic rings. The van der Waals surface area contributed by atoms with Crippen molar-refractivity contribution in [3.05, 3.63) is 17.8 Å². The first-order valence-electron chi connectivity index (χ1n) is 6.93. The van der Waals surface area contributed by atoms with Gasteiger partial charge in [-0.2, -0.15) is 0 Å². The van der Waals surface area contributed by atoms with Crippen molar-refractivity contribution in [2.75, 3.05) is 17.2 Å². The van der Waals surface area contributed by atoms with Crippen molar-refractivity contribution in [3.8, 4) is 0 Å². The molecule has 0 aromatic carbocycles. The van der Waals surface area contributed by atoms with E-state index in [0.29, 0.717) is 17.5 Å². The van der Waals surface area contributed by atoms with E-state index in [-0.39, 0.29) is 5.56 Å². The fraction of sp³-hybridized carbons (Fsp3) is 0.571. The minimum atomic E-state index is -0.986. The third-order valence-electron chi connectivity index (χ3n) is 4.48. The minimum Gasteiger partial charge on any atom is -0.478 e. The molecule has 102 valence electrons. The molecular weight excluding hydrogens is 242 g/mol. The number of carboxylic acids is 1. The molecule has 1 aromatic rings. The van der Waals surface area contributed by atoms with Crippen LogP contribution in [0.2, 0.25) is 0 Å². The standard InChI is InChI=1S/C14H19N3O2/c15-12-10(14(18)19)5-7-16-13(12)17-8-6-9-3-1-2-4-11(9)17/h5,7,9,11H,1-4,6,8,15H2,(H,18,19). The molecule has 3 N–H and O–H groups in total. The highest BCUT2D eigenvalue weighted by molar-refractivity contribution is 5.96. The lowest BCUT2D eigenvalue weighted by atomic mass is 9.85. The van der Waals surface area contributed by atoms with Crippen molar-refractivity contribution < 1.29 is 9.90 Å². The summed E-state index contributed by atoms with van der Waals surface area (Å²) in [6.45, 7) is 0.940. The van der Waals surface area contributed by atoms with Crippen LogP contribution in [-0.2, 0) is 0 Å². The van der Waals surface area contributed by atoms with Crippen molar-refractivity contribution in [2.24, 2.45) is 5.92 Å². The van der Waals surface area contributed by atoms with Gasteiger partial charge >= 0.3 is 5.97 Å². The fourth-order valence-corrected chi connectivity index (χ4v) is 3.55. The second-order valence-electron chi connectivity index (χ2n) is 5.49. The van der Waals surface area contributed by atoms with Gasteiger partial charge in [0.1, 0.15) is 0 Å². The van der Waals surface area contributed by atoms with Crippen LogP contribution in [0.5, 0.6) is 0 Å². The molecule has 5 heteroatoms. The molecule has 2 unspecified atom stereocenters. The average molecular weight is 261 g/mol. The quantitative estimate of drug-likeness (QED) is 0.852. The normalized spacial score (nSPS) is 26.2. The first-order chi connectivity index (χ1) is 9.18. The Balaban J connectivity index is 1.94. The summed E-state index contributed by atoms with van der Waals surface area (Å²) in [5, 5.41) is 9.14. The van der Waals surface area contributed by atoms with Crippen LogP contribution in [0.1, 0.15) is 42.5 Å². The van der Waals surface area contributed by atoms with E-state index in [1.807, 2.05) is 0 Å². The predicted octanol–water partition coefficient (Wildman–Crippen LogP) is 2.13. The van der Waals surface area contributed by atoms with Crippen LogP contribution in [0, 0.1) is 5.92 Å². The van der Waals surface area contributed by atoms with Gasteiger partial charge in [0.15, 0.2) is 5.82 Å². The topological polar surface area (TPSA) is 79.5 Å². The SMILES string of the molecule is Nc1c(C(=O)O)ccnc1N1CCC2CCCCC21. The number of pyridine rings is 1.